The van der Waals surface area contributed by atoms with Crippen molar-refractivity contribution < 1.29 is 13.2 Å². The fourth-order valence-corrected chi connectivity index (χ4v) is 7.03. The first-order chi connectivity index (χ1) is 18.0. The van der Waals surface area contributed by atoms with Crippen LogP contribution in [0.2, 0.25) is 0 Å². The molecular formula is C31H38N2O3S2. The maximum Gasteiger partial charge on any atom is 0.238 e. The fraction of sp³-hybridized carbons (Fsp3) is 0.387. The normalized spacial score (nSPS) is 16.4. The second kappa shape index (κ2) is 11.6. The van der Waals surface area contributed by atoms with Crippen molar-refractivity contribution in [2.75, 3.05) is 19.6 Å². The van der Waals surface area contributed by atoms with Crippen LogP contribution in [0.1, 0.15) is 67.8 Å². The highest BCUT2D eigenvalue weighted by molar-refractivity contribution is 7.92. The third-order valence-corrected chi connectivity index (χ3v) is 9.33. The fourth-order valence-electron chi connectivity index (χ4n) is 4.83. The Hall–Kier alpha value is -2.74. The van der Waals surface area contributed by atoms with Gasteiger partial charge in [0.15, 0.2) is 0 Å². The molecule has 0 bridgehead atoms. The van der Waals surface area contributed by atoms with E-state index in [1.165, 1.54) is 20.2 Å². The molecule has 5 nitrogen and oxygen atoms in total. The van der Waals surface area contributed by atoms with Crippen LogP contribution in [0, 0.1) is 5.92 Å². The van der Waals surface area contributed by atoms with Gasteiger partial charge in [-0.1, -0.05) is 89.2 Å². The van der Waals surface area contributed by atoms with Crippen molar-refractivity contribution in [1.29, 1.82) is 0 Å². The molecule has 4 rings (SSSR count). The average molecular weight is 551 g/mol. The van der Waals surface area contributed by atoms with Crippen LogP contribution in [0.3, 0.4) is 0 Å². The standard InChI is InChI=1S/C31H38N2O3S2/c1-23(2)21-32(38(35,36)20-17-24-9-7-6-8-10-24)22-29(34)33-18-15-28-27(16-19-37-28)30(33)25-11-13-26(14-12-25)31(3,4)5/h6-14,16-17,19-20,23,30H,15,18,21-22H2,1-5H3/b20-17+. The number of hydrogen-bond donors (Lipinski definition) is 0. The van der Waals surface area contributed by atoms with Crippen molar-refractivity contribution in [1.82, 2.24) is 9.21 Å². The summed E-state index contributed by atoms with van der Waals surface area (Å²) in [6.45, 7) is 11.1. The number of hydrogen-bond acceptors (Lipinski definition) is 4. The van der Waals surface area contributed by atoms with Crippen LogP contribution in [0.15, 0.2) is 71.5 Å². The van der Waals surface area contributed by atoms with Crippen molar-refractivity contribution in [3.63, 3.8) is 0 Å². The number of amides is 1. The molecule has 2 aromatic carbocycles. The van der Waals surface area contributed by atoms with E-state index in [2.05, 4.69) is 56.5 Å². The highest BCUT2D eigenvalue weighted by Crippen LogP contribution is 2.38. The van der Waals surface area contributed by atoms with E-state index in [9.17, 15) is 13.2 Å². The van der Waals surface area contributed by atoms with Gasteiger partial charge in [0.05, 0.1) is 12.6 Å². The van der Waals surface area contributed by atoms with Gasteiger partial charge in [-0.2, -0.15) is 4.31 Å². The summed E-state index contributed by atoms with van der Waals surface area (Å²) in [5.41, 5.74) is 4.26. The SMILES string of the molecule is CC(C)CN(CC(=O)N1CCc2sccc2C1c1ccc(C(C)(C)C)cc1)S(=O)(=O)/C=C/c1ccccc1. The Labute approximate surface area is 231 Å². The molecule has 0 aliphatic carbocycles. The zero-order valence-corrected chi connectivity index (χ0v) is 24.6. The molecule has 202 valence electrons. The third kappa shape index (κ3) is 6.63. The van der Waals surface area contributed by atoms with Gasteiger partial charge in [0.25, 0.3) is 0 Å². The van der Waals surface area contributed by atoms with E-state index in [0.29, 0.717) is 6.54 Å². The Morgan fingerprint density at radius 1 is 1.08 bits per heavy atom. The number of rotatable bonds is 8. The second-order valence-corrected chi connectivity index (χ2v) is 14.2. The lowest BCUT2D eigenvalue weighted by Crippen LogP contribution is -2.47. The minimum absolute atomic E-state index is 0.0348. The molecule has 7 heteroatoms. The Morgan fingerprint density at radius 3 is 2.39 bits per heavy atom. The summed E-state index contributed by atoms with van der Waals surface area (Å²) in [5.74, 6) is -0.0997. The van der Waals surface area contributed by atoms with Gasteiger partial charge in [0.1, 0.15) is 0 Å². The van der Waals surface area contributed by atoms with Gasteiger partial charge in [-0.3, -0.25) is 4.79 Å². The van der Waals surface area contributed by atoms with Gasteiger partial charge in [-0.05, 0) is 57.5 Å². The Kier molecular flexibility index (Phi) is 8.60. The van der Waals surface area contributed by atoms with Gasteiger partial charge < -0.3 is 4.90 Å². The number of carbonyl (C=O) groups is 1. The summed E-state index contributed by atoms with van der Waals surface area (Å²) < 4.78 is 28.1. The highest BCUT2D eigenvalue weighted by Gasteiger charge is 2.35. The first-order valence-electron chi connectivity index (χ1n) is 13.1. The molecule has 1 aliphatic rings. The van der Waals surface area contributed by atoms with E-state index in [1.807, 2.05) is 49.1 Å². The minimum Gasteiger partial charge on any atom is -0.330 e. The molecule has 1 aromatic heterocycles. The van der Waals surface area contributed by atoms with Crippen LogP contribution >= 0.6 is 11.3 Å². The van der Waals surface area contributed by atoms with Gasteiger partial charge in [-0.15, -0.1) is 11.3 Å². The topological polar surface area (TPSA) is 57.7 Å². The van der Waals surface area contributed by atoms with E-state index in [1.54, 1.807) is 17.4 Å². The number of carbonyl (C=O) groups excluding carboxylic acids is 1. The Morgan fingerprint density at radius 2 is 1.76 bits per heavy atom. The number of nitrogens with zero attached hydrogens (tertiary/aromatic N) is 2. The highest BCUT2D eigenvalue weighted by atomic mass is 32.2. The van der Waals surface area contributed by atoms with Gasteiger partial charge in [0, 0.05) is 23.4 Å². The molecule has 3 aromatic rings. The smallest absolute Gasteiger partial charge is 0.238 e. The summed E-state index contributed by atoms with van der Waals surface area (Å²) in [7, 11) is -3.80. The molecule has 1 atom stereocenters. The number of fused-ring (bicyclic) bond motifs is 1. The number of benzene rings is 2. The van der Waals surface area contributed by atoms with E-state index in [-0.39, 0.29) is 36.4 Å². The first-order valence-corrected chi connectivity index (χ1v) is 15.5. The predicted molar refractivity (Wildman–Crippen MR) is 158 cm³/mol. The lowest BCUT2D eigenvalue weighted by molar-refractivity contribution is -0.133. The van der Waals surface area contributed by atoms with Crippen molar-refractivity contribution >= 4 is 33.3 Å². The molecule has 0 saturated heterocycles. The maximum absolute atomic E-state index is 13.9. The molecule has 1 aliphatic heterocycles. The van der Waals surface area contributed by atoms with Crippen LogP contribution in [0.5, 0.6) is 0 Å². The van der Waals surface area contributed by atoms with E-state index in [0.717, 1.165) is 23.1 Å². The van der Waals surface area contributed by atoms with E-state index >= 15 is 0 Å². The van der Waals surface area contributed by atoms with E-state index < -0.39 is 10.0 Å². The zero-order valence-electron chi connectivity index (χ0n) is 22.9. The molecule has 0 spiro atoms. The lowest BCUT2D eigenvalue weighted by Gasteiger charge is -2.37. The maximum atomic E-state index is 13.9. The minimum atomic E-state index is -3.80. The summed E-state index contributed by atoms with van der Waals surface area (Å²) in [5, 5.41) is 3.30. The molecule has 1 amide bonds. The molecule has 0 fully saturated rings. The summed E-state index contributed by atoms with van der Waals surface area (Å²) in [6.07, 6.45) is 2.37. The Balaban J connectivity index is 1.62. The predicted octanol–water partition coefficient (Wildman–Crippen LogP) is 6.48. The largest absolute Gasteiger partial charge is 0.330 e. The Bertz CT molecular complexity index is 1370. The molecule has 0 saturated carbocycles. The summed E-state index contributed by atoms with van der Waals surface area (Å²) in [4.78, 5) is 17.0. The van der Waals surface area contributed by atoms with Crippen LogP contribution < -0.4 is 0 Å². The molecule has 38 heavy (non-hydrogen) atoms. The third-order valence-electron chi connectivity index (χ3n) is 6.85. The van der Waals surface area contributed by atoms with Crippen LogP contribution in [0.4, 0.5) is 0 Å². The van der Waals surface area contributed by atoms with Gasteiger partial charge in [-0.25, -0.2) is 8.42 Å². The molecular weight excluding hydrogens is 512 g/mol. The van der Waals surface area contributed by atoms with Crippen LogP contribution in [-0.4, -0.2) is 43.2 Å². The molecule has 0 N–H and O–H groups in total. The number of sulfonamides is 1. The molecule has 2 heterocycles. The first kappa shape index (κ1) is 28.3. The van der Waals surface area contributed by atoms with Crippen molar-refractivity contribution in [2.24, 2.45) is 5.92 Å². The molecule has 1 unspecified atom stereocenters. The second-order valence-electron chi connectivity index (χ2n) is 11.4. The zero-order chi connectivity index (χ0) is 27.5. The average Bonchev–Trinajstić information content (AvgIpc) is 3.35. The molecule has 0 radical (unpaired) electrons. The number of thiophene rings is 1. The summed E-state index contributed by atoms with van der Waals surface area (Å²) >= 11 is 1.72. The van der Waals surface area contributed by atoms with Gasteiger partial charge in [0.2, 0.25) is 15.9 Å². The quantitative estimate of drug-likeness (QED) is 0.323. The monoisotopic (exact) mass is 550 g/mol. The van der Waals surface area contributed by atoms with Gasteiger partial charge >= 0.3 is 0 Å². The van der Waals surface area contributed by atoms with Crippen molar-refractivity contribution in [2.45, 2.75) is 52.5 Å². The van der Waals surface area contributed by atoms with Crippen molar-refractivity contribution in [3.05, 3.63) is 98.6 Å². The van der Waals surface area contributed by atoms with Crippen molar-refractivity contribution in [3.8, 4) is 0 Å². The lowest BCUT2D eigenvalue weighted by atomic mass is 9.85. The van der Waals surface area contributed by atoms with E-state index in [4.69, 9.17) is 0 Å². The van der Waals surface area contributed by atoms with Crippen LogP contribution in [0.25, 0.3) is 6.08 Å². The van der Waals surface area contributed by atoms with Crippen LogP contribution in [-0.2, 0) is 26.7 Å². The summed E-state index contributed by atoms with van der Waals surface area (Å²) in [6, 6.07) is 19.7.